The highest BCUT2D eigenvalue weighted by molar-refractivity contribution is 6.31. The van der Waals surface area contributed by atoms with Crippen molar-refractivity contribution in [1.82, 2.24) is 0 Å². The topological polar surface area (TPSA) is 42.4 Å². The van der Waals surface area contributed by atoms with Crippen LogP contribution in [0.1, 0.15) is 18.2 Å². The molecule has 0 amide bonds. The summed E-state index contributed by atoms with van der Waals surface area (Å²) in [6.07, 6.45) is 1.69. The highest BCUT2D eigenvalue weighted by Gasteiger charge is 2.12. The third-order valence-electron chi connectivity index (χ3n) is 2.95. The number of nitrogens with two attached hydrogens (primary N) is 1. The van der Waals surface area contributed by atoms with Crippen molar-refractivity contribution in [1.29, 1.82) is 0 Å². The molecule has 0 saturated heterocycles. The number of benzene rings is 1. The first-order valence-corrected chi connectivity index (χ1v) is 6.38. The van der Waals surface area contributed by atoms with Crippen LogP contribution in [-0.4, -0.2) is 6.54 Å². The van der Waals surface area contributed by atoms with Gasteiger partial charge in [0.15, 0.2) is 0 Å². The predicted octanol–water partition coefficient (Wildman–Crippen LogP) is 3.42. The molecule has 0 unspecified atom stereocenters. The van der Waals surface area contributed by atoms with E-state index in [0.29, 0.717) is 11.6 Å². The van der Waals surface area contributed by atoms with Crippen molar-refractivity contribution in [2.75, 3.05) is 11.4 Å². The van der Waals surface area contributed by atoms with Crippen molar-refractivity contribution in [3.05, 3.63) is 52.9 Å². The van der Waals surface area contributed by atoms with Crippen molar-refractivity contribution < 1.29 is 4.42 Å². The Kier molecular flexibility index (Phi) is 4.28. The SMILES string of the molecule is CCN(Cc1ccco1)c1cccc(Cl)c1CN. The van der Waals surface area contributed by atoms with Crippen molar-refractivity contribution >= 4 is 17.3 Å². The van der Waals surface area contributed by atoms with E-state index in [2.05, 4.69) is 11.8 Å². The summed E-state index contributed by atoms with van der Waals surface area (Å²) in [5.41, 5.74) is 7.84. The molecule has 1 aromatic heterocycles. The molecule has 0 radical (unpaired) electrons. The second-order valence-electron chi connectivity index (χ2n) is 4.04. The lowest BCUT2D eigenvalue weighted by Crippen LogP contribution is -2.23. The van der Waals surface area contributed by atoms with E-state index < -0.39 is 0 Å². The van der Waals surface area contributed by atoms with Crippen LogP contribution < -0.4 is 10.6 Å². The Morgan fingerprint density at radius 3 is 2.72 bits per heavy atom. The molecule has 1 aromatic carbocycles. The summed E-state index contributed by atoms with van der Waals surface area (Å²) in [7, 11) is 0. The summed E-state index contributed by atoms with van der Waals surface area (Å²) in [4.78, 5) is 2.20. The highest BCUT2D eigenvalue weighted by Crippen LogP contribution is 2.28. The third kappa shape index (κ3) is 2.68. The summed E-state index contributed by atoms with van der Waals surface area (Å²) in [5.74, 6) is 0.930. The minimum atomic E-state index is 0.434. The highest BCUT2D eigenvalue weighted by atomic mass is 35.5. The Morgan fingerprint density at radius 2 is 2.11 bits per heavy atom. The molecule has 2 rings (SSSR count). The fourth-order valence-electron chi connectivity index (χ4n) is 2.00. The first-order chi connectivity index (χ1) is 8.76. The van der Waals surface area contributed by atoms with Gasteiger partial charge < -0.3 is 15.1 Å². The molecule has 0 saturated carbocycles. The first-order valence-electron chi connectivity index (χ1n) is 6.01. The zero-order chi connectivity index (χ0) is 13.0. The number of nitrogens with zero attached hydrogens (tertiary/aromatic N) is 1. The molecule has 3 nitrogen and oxygen atoms in total. The van der Waals surface area contributed by atoms with Crippen LogP contribution in [0.4, 0.5) is 5.69 Å². The largest absolute Gasteiger partial charge is 0.467 e. The second kappa shape index (κ2) is 5.94. The standard InChI is InChI=1S/C14H17ClN2O/c1-2-17(10-11-5-4-8-18-11)14-7-3-6-13(15)12(14)9-16/h3-8H,2,9-10,16H2,1H3. The Labute approximate surface area is 112 Å². The average molecular weight is 265 g/mol. The van der Waals surface area contributed by atoms with Crippen LogP contribution in [0.5, 0.6) is 0 Å². The maximum atomic E-state index is 6.18. The summed E-state index contributed by atoms with van der Waals surface area (Å²) >= 11 is 6.18. The predicted molar refractivity (Wildman–Crippen MR) is 74.8 cm³/mol. The summed E-state index contributed by atoms with van der Waals surface area (Å²) in [6, 6.07) is 9.72. The van der Waals surface area contributed by atoms with Gasteiger partial charge in [-0.2, -0.15) is 0 Å². The van der Waals surface area contributed by atoms with Crippen LogP contribution >= 0.6 is 11.6 Å². The average Bonchev–Trinajstić information content (AvgIpc) is 2.88. The molecule has 0 spiro atoms. The molecule has 0 aliphatic rings. The van der Waals surface area contributed by atoms with Gasteiger partial charge in [-0.1, -0.05) is 17.7 Å². The quantitative estimate of drug-likeness (QED) is 0.900. The van der Waals surface area contributed by atoms with E-state index >= 15 is 0 Å². The Hall–Kier alpha value is -1.45. The smallest absolute Gasteiger partial charge is 0.123 e. The van der Waals surface area contributed by atoms with Crippen LogP contribution in [0.25, 0.3) is 0 Å². The van der Waals surface area contributed by atoms with Gasteiger partial charge in [0.05, 0.1) is 12.8 Å². The van der Waals surface area contributed by atoms with Crippen LogP contribution in [0.3, 0.4) is 0 Å². The maximum absolute atomic E-state index is 6.18. The molecular weight excluding hydrogens is 248 g/mol. The van der Waals surface area contributed by atoms with Crippen molar-refractivity contribution in [3.63, 3.8) is 0 Å². The maximum Gasteiger partial charge on any atom is 0.123 e. The fourth-order valence-corrected chi connectivity index (χ4v) is 2.25. The van der Waals surface area contributed by atoms with E-state index in [0.717, 1.165) is 30.1 Å². The molecule has 0 aliphatic heterocycles. The number of rotatable bonds is 5. The van der Waals surface area contributed by atoms with Crippen molar-refractivity contribution in [2.45, 2.75) is 20.0 Å². The Balaban J connectivity index is 2.30. The summed E-state index contributed by atoms with van der Waals surface area (Å²) in [5, 5.41) is 0.716. The molecular formula is C14H17ClN2O. The van der Waals surface area contributed by atoms with E-state index in [9.17, 15) is 0 Å². The minimum Gasteiger partial charge on any atom is -0.467 e. The normalized spacial score (nSPS) is 10.6. The second-order valence-corrected chi connectivity index (χ2v) is 4.44. The van der Waals surface area contributed by atoms with Crippen LogP contribution in [0, 0.1) is 0 Å². The number of hydrogen-bond acceptors (Lipinski definition) is 3. The number of halogens is 1. The molecule has 0 fully saturated rings. The summed E-state index contributed by atoms with van der Waals surface area (Å²) in [6.45, 7) is 4.12. The number of furan rings is 1. The van der Waals surface area contributed by atoms with Crippen molar-refractivity contribution in [2.24, 2.45) is 5.73 Å². The lowest BCUT2D eigenvalue weighted by atomic mass is 10.1. The molecule has 0 bridgehead atoms. The number of anilines is 1. The van der Waals surface area contributed by atoms with Gasteiger partial charge in [0.2, 0.25) is 0 Å². The van der Waals surface area contributed by atoms with E-state index in [4.69, 9.17) is 21.8 Å². The molecule has 0 aliphatic carbocycles. The Morgan fingerprint density at radius 1 is 1.28 bits per heavy atom. The monoisotopic (exact) mass is 264 g/mol. The zero-order valence-electron chi connectivity index (χ0n) is 10.4. The van der Waals surface area contributed by atoms with E-state index in [1.54, 1.807) is 6.26 Å². The van der Waals surface area contributed by atoms with Gasteiger partial charge in [0.25, 0.3) is 0 Å². The minimum absolute atomic E-state index is 0.434. The van der Waals surface area contributed by atoms with Gasteiger partial charge in [-0.25, -0.2) is 0 Å². The van der Waals surface area contributed by atoms with Gasteiger partial charge in [-0.05, 0) is 31.2 Å². The third-order valence-corrected chi connectivity index (χ3v) is 3.30. The number of hydrogen-bond donors (Lipinski definition) is 1. The van der Waals surface area contributed by atoms with Gasteiger partial charge >= 0.3 is 0 Å². The fraction of sp³-hybridized carbons (Fsp3) is 0.286. The Bertz CT molecular complexity index is 497. The van der Waals surface area contributed by atoms with E-state index in [1.165, 1.54) is 0 Å². The summed E-state index contributed by atoms with van der Waals surface area (Å²) < 4.78 is 5.39. The van der Waals surface area contributed by atoms with E-state index in [-0.39, 0.29) is 0 Å². The van der Waals surface area contributed by atoms with Gasteiger partial charge in [-0.3, -0.25) is 0 Å². The molecule has 0 atom stereocenters. The van der Waals surface area contributed by atoms with Gasteiger partial charge in [-0.15, -0.1) is 0 Å². The molecule has 1 heterocycles. The lowest BCUT2D eigenvalue weighted by Gasteiger charge is -2.25. The molecule has 2 aromatic rings. The molecule has 18 heavy (non-hydrogen) atoms. The molecule has 4 heteroatoms. The first kappa shape index (κ1) is 13.0. The lowest BCUT2D eigenvalue weighted by molar-refractivity contribution is 0.503. The van der Waals surface area contributed by atoms with Crippen LogP contribution in [0.2, 0.25) is 5.02 Å². The van der Waals surface area contributed by atoms with Crippen LogP contribution in [0.15, 0.2) is 41.0 Å². The van der Waals surface area contributed by atoms with Crippen LogP contribution in [-0.2, 0) is 13.1 Å². The van der Waals surface area contributed by atoms with E-state index in [1.807, 2.05) is 30.3 Å². The zero-order valence-corrected chi connectivity index (χ0v) is 11.2. The van der Waals surface area contributed by atoms with Gasteiger partial charge in [0, 0.05) is 29.4 Å². The van der Waals surface area contributed by atoms with Crippen molar-refractivity contribution in [3.8, 4) is 0 Å². The van der Waals surface area contributed by atoms with Gasteiger partial charge in [0.1, 0.15) is 5.76 Å². The molecule has 2 N–H and O–H groups in total. The molecule has 96 valence electrons.